The fourth-order valence-corrected chi connectivity index (χ4v) is 4.64. The first-order chi connectivity index (χ1) is 14.6. The number of thioether (sulfide) groups is 1. The molecular formula is C22H19ClN4OS2. The monoisotopic (exact) mass is 454 g/mol. The minimum atomic E-state index is -0.174. The van der Waals surface area contributed by atoms with Gasteiger partial charge in [0.05, 0.1) is 29.0 Å². The van der Waals surface area contributed by atoms with Crippen molar-refractivity contribution in [3.8, 4) is 0 Å². The number of nitrogens with one attached hydrogen (secondary N) is 1. The lowest BCUT2D eigenvalue weighted by Crippen LogP contribution is -2.21. The number of amides is 1. The normalized spacial score (nSPS) is 11.7. The molecule has 0 radical (unpaired) electrons. The maximum absolute atomic E-state index is 12.3. The van der Waals surface area contributed by atoms with Crippen LogP contribution in [0.2, 0.25) is 5.02 Å². The third kappa shape index (κ3) is 4.75. The number of para-hydroxylation sites is 2. The highest BCUT2D eigenvalue weighted by Crippen LogP contribution is 2.27. The van der Waals surface area contributed by atoms with Crippen LogP contribution in [0.25, 0.3) is 11.0 Å². The van der Waals surface area contributed by atoms with Crippen molar-refractivity contribution in [2.75, 3.05) is 5.75 Å². The van der Waals surface area contributed by atoms with Gasteiger partial charge in [0.2, 0.25) is 0 Å². The van der Waals surface area contributed by atoms with Gasteiger partial charge in [0.25, 0.3) is 5.91 Å². The fraction of sp³-hybridized carbons (Fsp3) is 0.136. The van der Waals surface area contributed by atoms with E-state index in [0.717, 1.165) is 32.3 Å². The number of fused-ring (bicyclic) bond motifs is 1. The number of imidazole rings is 1. The Hall–Kier alpha value is -2.61. The molecule has 0 bridgehead atoms. The third-order valence-corrected chi connectivity index (χ3v) is 6.79. The summed E-state index contributed by atoms with van der Waals surface area (Å²) in [6, 6.07) is 19.6. The summed E-state index contributed by atoms with van der Waals surface area (Å²) in [7, 11) is 0. The number of aromatic nitrogens is 2. The van der Waals surface area contributed by atoms with Gasteiger partial charge in [-0.2, -0.15) is 5.10 Å². The molecular weight excluding hydrogens is 436 g/mol. The van der Waals surface area contributed by atoms with Crippen LogP contribution in [-0.2, 0) is 11.3 Å². The smallest absolute Gasteiger partial charge is 0.250 e. The standard InChI is InChI=1S/C22H19ClN4OS2/c1-15(20-11-6-12-29-20)25-26-21(28)14-30-22-24-18-9-4-5-10-19(18)27(22)13-16-7-2-3-8-17(16)23/h2-12H,13-14H2,1H3,(H,26,28)/b25-15+. The second-order valence-corrected chi connectivity index (χ2v) is 8.86. The summed E-state index contributed by atoms with van der Waals surface area (Å²) in [4.78, 5) is 18.1. The summed E-state index contributed by atoms with van der Waals surface area (Å²) in [5, 5.41) is 7.65. The molecule has 0 aliphatic heterocycles. The summed E-state index contributed by atoms with van der Waals surface area (Å²) in [5.41, 5.74) is 6.31. The van der Waals surface area contributed by atoms with Crippen LogP contribution < -0.4 is 5.43 Å². The average Bonchev–Trinajstić information content (AvgIpc) is 3.41. The van der Waals surface area contributed by atoms with Crippen molar-refractivity contribution in [3.63, 3.8) is 0 Å². The lowest BCUT2D eigenvalue weighted by molar-refractivity contribution is -0.118. The molecule has 1 amide bonds. The number of hydrogen-bond donors (Lipinski definition) is 1. The number of halogens is 1. The fourth-order valence-electron chi connectivity index (χ4n) is 2.96. The zero-order valence-electron chi connectivity index (χ0n) is 16.2. The van der Waals surface area contributed by atoms with Gasteiger partial charge in [-0.1, -0.05) is 59.8 Å². The lowest BCUT2D eigenvalue weighted by atomic mass is 10.2. The topological polar surface area (TPSA) is 59.3 Å². The molecule has 4 rings (SSSR count). The highest BCUT2D eigenvalue weighted by Gasteiger charge is 2.14. The van der Waals surface area contributed by atoms with Crippen molar-refractivity contribution < 1.29 is 4.79 Å². The maximum Gasteiger partial charge on any atom is 0.250 e. The highest BCUT2D eigenvalue weighted by molar-refractivity contribution is 7.99. The van der Waals surface area contributed by atoms with Crippen molar-refractivity contribution in [3.05, 3.63) is 81.5 Å². The number of rotatable bonds is 7. The highest BCUT2D eigenvalue weighted by atomic mass is 35.5. The van der Waals surface area contributed by atoms with E-state index in [1.54, 1.807) is 11.3 Å². The molecule has 2 heterocycles. The predicted octanol–water partition coefficient (Wildman–Crippen LogP) is 5.43. The quantitative estimate of drug-likeness (QED) is 0.230. The number of hydrogen-bond acceptors (Lipinski definition) is 5. The van der Waals surface area contributed by atoms with E-state index < -0.39 is 0 Å². The number of thiophene rings is 1. The Labute approximate surface area is 187 Å². The van der Waals surface area contributed by atoms with Crippen LogP contribution in [0.5, 0.6) is 0 Å². The Balaban J connectivity index is 1.50. The third-order valence-electron chi connectivity index (χ3n) is 4.46. The Morgan fingerprint density at radius 1 is 1.17 bits per heavy atom. The second-order valence-electron chi connectivity index (χ2n) is 6.56. The van der Waals surface area contributed by atoms with Crippen LogP contribution in [-0.4, -0.2) is 26.9 Å². The Morgan fingerprint density at radius 2 is 1.97 bits per heavy atom. The molecule has 0 unspecified atom stereocenters. The first-order valence-electron chi connectivity index (χ1n) is 9.30. The molecule has 0 fully saturated rings. The van der Waals surface area contributed by atoms with Crippen molar-refractivity contribution in [2.45, 2.75) is 18.6 Å². The Morgan fingerprint density at radius 3 is 2.77 bits per heavy atom. The van der Waals surface area contributed by atoms with Gasteiger partial charge in [-0.3, -0.25) is 4.79 Å². The van der Waals surface area contributed by atoms with Crippen LogP contribution in [0, 0.1) is 0 Å². The van der Waals surface area contributed by atoms with E-state index in [4.69, 9.17) is 16.6 Å². The van der Waals surface area contributed by atoms with E-state index in [1.165, 1.54) is 11.8 Å². The first-order valence-corrected chi connectivity index (χ1v) is 11.5. The first kappa shape index (κ1) is 20.7. The van der Waals surface area contributed by atoms with E-state index in [1.807, 2.05) is 73.0 Å². The van der Waals surface area contributed by atoms with Gasteiger partial charge >= 0.3 is 0 Å². The second kappa shape index (κ2) is 9.47. The van der Waals surface area contributed by atoms with Gasteiger partial charge in [-0.05, 0) is 42.1 Å². The molecule has 0 atom stereocenters. The Kier molecular flexibility index (Phi) is 6.52. The molecule has 8 heteroatoms. The Bertz CT molecular complexity index is 1200. The molecule has 4 aromatic rings. The number of carbonyl (C=O) groups excluding carboxylic acids is 1. The minimum absolute atomic E-state index is 0.174. The van der Waals surface area contributed by atoms with E-state index in [-0.39, 0.29) is 11.7 Å². The molecule has 1 N–H and O–H groups in total. The van der Waals surface area contributed by atoms with Crippen LogP contribution in [0.3, 0.4) is 0 Å². The zero-order chi connectivity index (χ0) is 20.9. The molecule has 0 aliphatic rings. The number of nitrogens with zero attached hydrogens (tertiary/aromatic N) is 3. The number of benzene rings is 2. The molecule has 0 aliphatic carbocycles. The maximum atomic E-state index is 12.3. The van der Waals surface area contributed by atoms with Gasteiger partial charge in [0.15, 0.2) is 5.16 Å². The van der Waals surface area contributed by atoms with Crippen LogP contribution in [0.1, 0.15) is 17.4 Å². The van der Waals surface area contributed by atoms with E-state index in [2.05, 4.69) is 15.1 Å². The lowest BCUT2D eigenvalue weighted by Gasteiger charge is -2.10. The van der Waals surface area contributed by atoms with Crippen LogP contribution >= 0.6 is 34.7 Å². The molecule has 30 heavy (non-hydrogen) atoms. The van der Waals surface area contributed by atoms with Gasteiger partial charge < -0.3 is 4.57 Å². The largest absolute Gasteiger partial charge is 0.314 e. The zero-order valence-corrected chi connectivity index (χ0v) is 18.6. The van der Waals surface area contributed by atoms with E-state index in [9.17, 15) is 4.79 Å². The number of carbonyl (C=O) groups is 1. The summed E-state index contributed by atoms with van der Waals surface area (Å²) in [6.07, 6.45) is 0. The summed E-state index contributed by atoms with van der Waals surface area (Å²) in [5.74, 6) is 0.0415. The molecule has 0 saturated carbocycles. The molecule has 2 aromatic heterocycles. The summed E-state index contributed by atoms with van der Waals surface area (Å²) < 4.78 is 2.09. The van der Waals surface area contributed by atoms with Gasteiger partial charge in [0, 0.05) is 9.90 Å². The van der Waals surface area contributed by atoms with E-state index in [0.29, 0.717) is 11.6 Å². The summed E-state index contributed by atoms with van der Waals surface area (Å²) >= 11 is 9.34. The predicted molar refractivity (Wildman–Crippen MR) is 126 cm³/mol. The molecule has 152 valence electrons. The number of hydrazone groups is 1. The SMILES string of the molecule is C/C(=N\NC(=O)CSc1nc2ccccc2n1Cc1ccccc1Cl)c1cccs1. The van der Waals surface area contributed by atoms with Crippen molar-refractivity contribution in [1.29, 1.82) is 0 Å². The molecule has 0 spiro atoms. The molecule has 2 aromatic carbocycles. The van der Waals surface area contributed by atoms with Crippen molar-refractivity contribution in [2.24, 2.45) is 5.10 Å². The van der Waals surface area contributed by atoms with Gasteiger partial charge in [-0.15, -0.1) is 11.3 Å². The minimum Gasteiger partial charge on any atom is -0.314 e. The van der Waals surface area contributed by atoms with Crippen molar-refractivity contribution >= 4 is 57.4 Å². The average molecular weight is 455 g/mol. The van der Waals surface area contributed by atoms with Crippen molar-refractivity contribution in [1.82, 2.24) is 15.0 Å². The molecule has 0 saturated heterocycles. The molecule has 5 nitrogen and oxygen atoms in total. The van der Waals surface area contributed by atoms with Crippen LogP contribution in [0.15, 0.2) is 76.3 Å². The van der Waals surface area contributed by atoms with E-state index >= 15 is 0 Å². The van der Waals surface area contributed by atoms with Gasteiger partial charge in [0.1, 0.15) is 0 Å². The van der Waals surface area contributed by atoms with Crippen LogP contribution in [0.4, 0.5) is 0 Å². The summed E-state index contributed by atoms with van der Waals surface area (Å²) in [6.45, 7) is 2.46. The van der Waals surface area contributed by atoms with Gasteiger partial charge in [-0.25, -0.2) is 10.4 Å².